The Kier molecular flexibility index (Phi) is 4.77. The molecule has 3 heterocycles. The molecule has 0 saturated heterocycles. The fraction of sp³-hybridized carbons (Fsp3) is 0.211. The van der Waals surface area contributed by atoms with Crippen LogP contribution in [0.1, 0.15) is 11.3 Å². The number of nitrogens with zero attached hydrogens (tertiary/aromatic N) is 4. The third-order valence-electron chi connectivity index (χ3n) is 4.56. The van der Waals surface area contributed by atoms with Gasteiger partial charge in [0.15, 0.2) is 11.5 Å². The van der Waals surface area contributed by atoms with E-state index in [0.29, 0.717) is 32.9 Å². The van der Waals surface area contributed by atoms with E-state index in [9.17, 15) is 13.2 Å². The first-order valence-electron chi connectivity index (χ1n) is 8.64. The van der Waals surface area contributed by atoms with Gasteiger partial charge in [0.1, 0.15) is 10.8 Å². The molecule has 0 unspecified atom stereocenters. The molecule has 7 nitrogen and oxygen atoms in total. The van der Waals surface area contributed by atoms with E-state index in [4.69, 9.17) is 15.2 Å². The SMILES string of the molecule is COc1ccc(-c2nn3c(C)c(-c4cnc(N)c(C(F)(F)F)c4)nc3s2)cc1OC. The van der Waals surface area contributed by atoms with Crippen LogP contribution in [0.15, 0.2) is 30.5 Å². The second-order valence-electron chi connectivity index (χ2n) is 6.37. The maximum absolute atomic E-state index is 13.2. The van der Waals surface area contributed by atoms with Gasteiger partial charge in [-0.2, -0.15) is 18.3 Å². The molecule has 30 heavy (non-hydrogen) atoms. The number of aromatic nitrogens is 4. The van der Waals surface area contributed by atoms with Crippen LogP contribution >= 0.6 is 11.3 Å². The van der Waals surface area contributed by atoms with Crippen LogP contribution < -0.4 is 15.2 Å². The zero-order valence-electron chi connectivity index (χ0n) is 16.1. The van der Waals surface area contributed by atoms with Crippen molar-refractivity contribution in [3.05, 3.63) is 41.7 Å². The number of hydrogen-bond donors (Lipinski definition) is 1. The van der Waals surface area contributed by atoms with E-state index in [1.807, 2.05) is 6.07 Å². The molecule has 0 saturated carbocycles. The van der Waals surface area contributed by atoms with Gasteiger partial charge in [-0.25, -0.2) is 14.5 Å². The number of anilines is 1. The number of rotatable bonds is 4. The number of benzene rings is 1. The predicted octanol–water partition coefficient (Wildman–Crippen LogP) is 4.45. The molecule has 3 aromatic heterocycles. The number of aryl methyl sites for hydroxylation is 1. The number of nitrogen functional groups attached to an aromatic ring is 1. The monoisotopic (exact) mass is 435 g/mol. The van der Waals surface area contributed by atoms with Crippen LogP contribution in [0, 0.1) is 6.92 Å². The molecule has 2 N–H and O–H groups in total. The summed E-state index contributed by atoms with van der Waals surface area (Å²) in [6.45, 7) is 1.73. The minimum atomic E-state index is -4.60. The van der Waals surface area contributed by atoms with Crippen molar-refractivity contribution in [1.82, 2.24) is 19.6 Å². The number of fused-ring (bicyclic) bond motifs is 1. The van der Waals surface area contributed by atoms with Crippen molar-refractivity contribution in [3.8, 4) is 33.3 Å². The van der Waals surface area contributed by atoms with Gasteiger partial charge in [0.2, 0.25) is 4.96 Å². The Morgan fingerprint density at radius 3 is 2.43 bits per heavy atom. The van der Waals surface area contributed by atoms with Gasteiger partial charge in [-0.15, -0.1) is 0 Å². The van der Waals surface area contributed by atoms with Crippen molar-refractivity contribution >= 4 is 22.1 Å². The Bertz CT molecular complexity index is 1250. The van der Waals surface area contributed by atoms with Gasteiger partial charge < -0.3 is 15.2 Å². The van der Waals surface area contributed by atoms with Crippen LogP contribution in [0.2, 0.25) is 0 Å². The summed E-state index contributed by atoms with van der Waals surface area (Å²) in [6, 6.07) is 6.37. The second-order valence-corrected chi connectivity index (χ2v) is 7.33. The van der Waals surface area contributed by atoms with Crippen molar-refractivity contribution in [2.24, 2.45) is 0 Å². The molecular formula is C19H16F3N5O2S. The van der Waals surface area contributed by atoms with Crippen LogP contribution in [0.25, 0.3) is 26.8 Å². The number of halogens is 3. The normalized spacial score (nSPS) is 11.8. The molecule has 0 radical (unpaired) electrons. The van der Waals surface area contributed by atoms with E-state index >= 15 is 0 Å². The van der Waals surface area contributed by atoms with Gasteiger partial charge in [0.25, 0.3) is 0 Å². The highest BCUT2D eigenvalue weighted by molar-refractivity contribution is 7.19. The predicted molar refractivity (Wildman–Crippen MR) is 107 cm³/mol. The van der Waals surface area contributed by atoms with E-state index in [1.54, 1.807) is 37.8 Å². The zero-order valence-corrected chi connectivity index (χ0v) is 16.9. The number of ether oxygens (including phenoxy) is 2. The lowest BCUT2D eigenvalue weighted by molar-refractivity contribution is -0.137. The first-order valence-corrected chi connectivity index (χ1v) is 9.46. The Labute approximate surface area is 172 Å². The standard InChI is InChI=1S/C19H16F3N5O2S/c1-9-15(11-6-12(19(20,21)22)16(23)24-8-11)25-18-27(9)26-17(30-18)10-4-5-13(28-2)14(7-10)29-3/h4-8H,1-3H3,(H2,23,24). The smallest absolute Gasteiger partial charge is 0.419 e. The number of nitrogens with two attached hydrogens (primary N) is 1. The molecule has 4 aromatic rings. The largest absolute Gasteiger partial charge is 0.493 e. The van der Waals surface area contributed by atoms with Crippen LogP contribution in [0.3, 0.4) is 0 Å². The van der Waals surface area contributed by atoms with E-state index in [1.165, 1.54) is 17.5 Å². The molecule has 156 valence electrons. The Hall–Kier alpha value is -3.34. The summed E-state index contributed by atoms with van der Waals surface area (Å²) in [5.74, 6) is 0.587. The van der Waals surface area contributed by atoms with Gasteiger partial charge in [-0.1, -0.05) is 11.3 Å². The van der Waals surface area contributed by atoms with Gasteiger partial charge in [0, 0.05) is 17.3 Å². The summed E-state index contributed by atoms with van der Waals surface area (Å²) < 4.78 is 51.7. The molecule has 4 rings (SSSR count). The molecule has 0 aliphatic rings. The molecule has 1 aromatic carbocycles. The third-order valence-corrected chi connectivity index (χ3v) is 5.51. The van der Waals surface area contributed by atoms with E-state index in [0.717, 1.165) is 11.6 Å². The van der Waals surface area contributed by atoms with Gasteiger partial charge >= 0.3 is 6.18 Å². The van der Waals surface area contributed by atoms with E-state index in [2.05, 4.69) is 15.1 Å². The molecular weight excluding hydrogens is 419 g/mol. The maximum Gasteiger partial charge on any atom is 0.419 e. The van der Waals surface area contributed by atoms with E-state index in [-0.39, 0.29) is 5.56 Å². The highest BCUT2D eigenvalue weighted by atomic mass is 32.1. The Morgan fingerprint density at radius 1 is 1.07 bits per heavy atom. The first kappa shape index (κ1) is 20.0. The summed E-state index contributed by atoms with van der Waals surface area (Å²) >= 11 is 1.30. The van der Waals surface area contributed by atoms with E-state index < -0.39 is 17.6 Å². The molecule has 0 aliphatic carbocycles. The average Bonchev–Trinajstić information content (AvgIpc) is 3.26. The summed E-state index contributed by atoms with van der Waals surface area (Å²) in [4.78, 5) is 8.70. The van der Waals surface area contributed by atoms with Crippen molar-refractivity contribution in [3.63, 3.8) is 0 Å². The number of hydrogen-bond acceptors (Lipinski definition) is 7. The topological polar surface area (TPSA) is 87.6 Å². The Balaban J connectivity index is 1.77. The van der Waals surface area contributed by atoms with Crippen molar-refractivity contribution in [2.45, 2.75) is 13.1 Å². The van der Waals surface area contributed by atoms with Crippen LogP contribution in [-0.2, 0) is 6.18 Å². The third kappa shape index (κ3) is 3.30. The Morgan fingerprint density at radius 2 is 1.80 bits per heavy atom. The van der Waals surface area contributed by atoms with Gasteiger partial charge in [0.05, 0.1) is 31.2 Å². The molecule has 0 bridgehead atoms. The minimum Gasteiger partial charge on any atom is -0.493 e. The second kappa shape index (κ2) is 7.17. The first-order chi connectivity index (χ1) is 14.2. The van der Waals surface area contributed by atoms with Crippen LogP contribution in [0.4, 0.5) is 19.0 Å². The lowest BCUT2D eigenvalue weighted by atomic mass is 10.1. The van der Waals surface area contributed by atoms with Crippen molar-refractivity contribution in [1.29, 1.82) is 0 Å². The quantitative estimate of drug-likeness (QED) is 0.510. The molecule has 0 fully saturated rings. The van der Waals surface area contributed by atoms with Crippen molar-refractivity contribution in [2.75, 3.05) is 20.0 Å². The summed E-state index contributed by atoms with van der Waals surface area (Å²) in [6.07, 6.45) is -3.32. The molecule has 0 atom stereocenters. The average molecular weight is 435 g/mol. The van der Waals surface area contributed by atoms with Gasteiger partial charge in [-0.3, -0.25) is 0 Å². The van der Waals surface area contributed by atoms with Crippen LogP contribution in [-0.4, -0.2) is 33.8 Å². The fourth-order valence-corrected chi connectivity index (χ4v) is 3.98. The molecule has 0 amide bonds. The molecule has 11 heteroatoms. The zero-order chi connectivity index (χ0) is 21.6. The van der Waals surface area contributed by atoms with Crippen LogP contribution in [0.5, 0.6) is 11.5 Å². The lowest BCUT2D eigenvalue weighted by Gasteiger charge is -2.10. The fourth-order valence-electron chi connectivity index (χ4n) is 3.04. The summed E-state index contributed by atoms with van der Waals surface area (Å²) in [5, 5.41) is 5.24. The number of alkyl halides is 3. The maximum atomic E-state index is 13.2. The highest BCUT2D eigenvalue weighted by Gasteiger charge is 2.34. The van der Waals surface area contributed by atoms with Gasteiger partial charge in [-0.05, 0) is 31.2 Å². The van der Waals surface area contributed by atoms with Crippen molar-refractivity contribution < 1.29 is 22.6 Å². The summed E-state index contributed by atoms with van der Waals surface area (Å²) in [7, 11) is 3.10. The lowest BCUT2D eigenvalue weighted by Crippen LogP contribution is -2.10. The number of methoxy groups -OCH3 is 2. The molecule has 0 spiro atoms. The number of imidazole rings is 1. The number of pyridine rings is 1. The summed E-state index contributed by atoms with van der Waals surface area (Å²) in [5.41, 5.74) is 6.38. The molecule has 0 aliphatic heterocycles. The minimum absolute atomic E-state index is 0.222. The highest BCUT2D eigenvalue weighted by Crippen LogP contribution is 2.37.